The van der Waals surface area contributed by atoms with Crippen molar-refractivity contribution >= 4 is 59.3 Å². The van der Waals surface area contributed by atoms with Crippen LogP contribution in [0.1, 0.15) is 64.7 Å². The van der Waals surface area contributed by atoms with Crippen LogP contribution < -0.4 is 37.2 Å². The Labute approximate surface area is 410 Å². The van der Waals surface area contributed by atoms with E-state index in [-0.39, 0.29) is 138 Å². The molecule has 0 atom stereocenters. The number of aldehydes is 1. The molecule has 3 aromatic rings. The second-order valence-electron chi connectivity index (χ2n) is 14.7. The maximum absolute atomic E-state index is 12.8. The number of aromatic hydroxyl groups is 3. The Morgan fingerprint density at radius 2 is 1.01 bits per heavy atom. The molecular weight excluding hydrogens is 921 g/mol. The van der Waals surface area contributed by atoms with E-state index in [0.717, 1.165) is 18.4 Å². The third-order valence-electron chi connectivity index (χ3n) is 8.79. The van der Waals surface area contributed by atoms with Gasteiger partial charge in [0.25, 0.3) is 0 Å². The van der Waals surface area contributed by atoms with Crippen molar-refractivity contribution < 1.29 is 81.6 Å². The summed E-state index contributed by atoms with van der Waals surface area (Å²) in [6.07, 6.45) is 4.01. The van der Waals surface area contributed by atoms with E-state index in [9.17, 15) is 43.8 Å². The Kier molecular flexibility index (Phi) is 35.3. The molecule has 0 unspecified atom stereocenters. The van der Waals surface area contributed by atoms with Crippen molar-refractivity contribution in [2.75, 3.05) is 82.3 Å². The number of hydrogen-bond acceptors (Lipinski definition) is 14. The molecule has 21 heteroatoms. The van der Waals surface area contributed by atoms with Crippen LogP contribution in [0.4, 0.5) is 17.1 Å². The molecule has 3 rings (SSSR count). The number of anilines is 3. The zero-order valence-electron chi connectivity index (χ0n) is 38.9. The van der Waals surface area contributed by atoms with Gasteiger partial charge >= 0.3 is 0 Å². The number of carbonyl (C=O) groups is 7. The molecule has 3 aromatic carbocycles. The molecule has 0 aliphatic heterocycles. The number of rotatable bonds is 31. The smallest absolute Gasteiger partial charge is 0.226 e. The van der Waals surface area contributed by atoms with E-state index < -0.39 is 5.54 Å². The number of phenols is 3. The number of ether oxygens (including phenoxy) is 3. The zero-order chi connectivity index (χ0) is 49.5. The normalized spacial score (nSPS) is 10.2. The van der Waals surface area contributed by atoms with Crippen molar-refractivity contribution in [1.29, 1.82) is 0 Å². The Bertz CT molecular complexity index is 1780. The number of amides is 6. The van der Waals surface area contributed by atoms with Crippen molar-refractivity contribution in [3.05, 3.63) is 79.7 Å². The van der Waals surface area contributed by atoms with Crippen molar-refractivity contribution in [3.63, 3.8) is 0 Å². The van der Waals surface area contributed by atoms with Crippen LogP contribution in [0.15, 0.2) is 72.8 Å². The molecule has 6 amide bonds. The monoisotopic (exact) mass is 989 g/mol. The molecule has 0 aliphatic carbocycles. The first-order chi connectivity index (χ1) is 32.3. The average Bonchev–Trinajstić information content (AvgIpc) is 3.31. The number of phenolic OH excluding ortho intramolecular Hbond substituents is 3. The summed E-state index contributed by atoms with van der Waals surface area (Å²) in [5.74, 6) is -0.999. The first-order valence-electron chi connectivity index (χ1n) is 21.9. The van der Waals surface area contributed by atoms with E-state index in [1.165, 1.54) is 24.3 Å². The van der Waals surface area contributed by atoms with Crippen molar-refractivity contribution in [2.45, 2.75) is 70.3 Å². The minimum Gasteiger partial charge on any atom is -0.508 e. The van der Waals surface area contributed by atoms with E-state index in [4.69, 9.17) is 19.3 Å². The first-order valence-corrected chi connectivity index (χ1v) is 21.9. The Morgan fingerprint density at radius 3 is 1.40 bits per heavy atom. The standard InChI is InChI=1S/C36H52N5O10.C7H9NO.C4H7NO2.V/c1-3-5-6-35(48)41-36(24-49-21-4-2,25-50-22-17-31(44)37-19-15-33(46)39-27-7-11-29(42)12-8-27)26-51-23-18-32(45)38-20-16-34(47)40-28-9-13-30(43)14-10-28;1-8-6-2-4-7(9)5-3-6;6-3-1-2-5-4-7;/h7-14,42-43H,1,3-6,15-26H2,2H3,(H,37,44)(H,38,45)(H,39,46)(H,40,47)(H,41,48);2-5,8-9H,1H3;3-4H,1-2H2,(H,5,7);/q-1;;;. The summed E-state index contributed by atoms with van der Waals surface area (Å²) >= 11 is 0. The summed E-state index contributed by atoms with van der Waals surface area (Å²) in [7, 11) is 1.84. The van der Waals surface area contributed by atoms with Crippen molar-refractivity contribution in [2.24, 2.45) is 0 Å². The second kappa shape index (κ2) is 38.9. The van der Waals surface area contributed by atoms with E-state index >= 15 is 0 Å². The SMILES string of the molecule is CNc1ccc(O)cc1.O=CCCNC=O.[CH2-]CCCC(=O)NC(COCCC)(COCCC(=O)NCCC(=O)Nc1ccc(O)cc1)COCCC(=O)NCCC(=O)Nc1ccc(O)cc1.[V]. The van der Waals surface area contributed by atoms with E-state index in [0.29, 0.717) is 55.9 Å². The second-order valence-corrected chi connectivity index (χ2v) is 14.7. The average molecular weight is 990 g/mol. The maximum atomic E-state index is 12.8. The van der Waals surface area contributed by atoms with Gasteiger partial charge in [0, 0.05) is 107 Å². The molecule has 20 nitrogen and oxygen atoms in total. The van der Waals surface area contributed by atoms with Gasteiger partial charge in [0.2, 0.25) is 35.9 Å². The van der Waals surface area contributed by atoms with Gasteiger partial charge in [-0.1, -0.05) is 13.3 Å². The molecule has 0 bridgehead atoms. The molecule has 0 spiro atoms. The fourth-order valence-electron chi connectivity index (χ4n) is 5.33. The van der Waals surface area contributed by atoms with Crippen LogP contribution >= 0.6 is 0 Å². The van der Waals surface area contributed by atoms with Gasteiger partial charge in [-0.05, 0) is 79.2 Å². The minimum atomic E-state index is -1.10. The van der Waals surface area contributed by atoms with Crippen LogP contribution in [-0.4, -0.2) is 129 Å². The number of hydrogen-bond donors (Lipinski definition) is 10. The van der Waals surface area contributed by atoms with Crippen LogP contribution in [0.5, 0.6) is 17.2 Å². The summed E-state index contributed by atoms with van der Waals surface area (Å²) in [6, 6.07) is 19.0. The quantitative estimate of drug-likeness (QED) is 0.0191. The van der Waals surface area contributed by atoms with E-state index in [2.05, 4.69) is 44.1 Å². The van der Waals surface area contributed by atoms with Crippen LogP contribution in [0.25, 0.3) is 0 Å². The fraction of sp³-hybridized carbons (Fsp3) is 0.447. The molecule has 0 saturated heterocycles. The molecule has 0 heterocycles. The Morgan fingerprint density at radius 1 is 0.588 bits per heavy atom. The van der Waals surface area contributed by atoms with Gasteiger partial charge in [-0.2, -0.15) is 6.42 Å². The van der Waals surface area contributed by atoms with Gasteiger partial charge in [0.1, 0.15) is 29.1 Å². The summed E-state index contributed by atoms with van der Waals surface area (Å²) in [6.45, 7) is 6.92. The van der Waals surface area contributed by atoms with Gasteiger partial charge in [0.05, 0.1) is 33.0 Å². The van der Waals surface area contributed by atoms with Crippen LogP contribution in [0.2, 0.25) is 0 Å². The number of carbonyl (C=O) groups excluding carboxylic acids is 7. The predicted molar refractivity (Wildman–Crippen MR) is 253 cm³/mol. The van der Waals surface area contributed by atoms with Crippen LogP contribution in [0, 0.1) is 6.92 Å². The third-order valence-corrected chi connectivity index (χ3v) is 8.79. The third kappa shape index (κ3) is 31.7. The number of benzene rings is 3. The molecule has 68 heavy (non-hydrogen) atoms. The van der Waals surface area contributed by atoms with Gasteiger partial charge < -0.3 is 78.5 Å². The topological polar surface area (TPSA) is 292 Å². The number of nitrogens with one attached hydrogen (secondary N) is 7. The largest absolute Gasteiger partial charge is 0.508 e. The number of unbranched alkanes of at least 4 members (excludes halogenated alkanes) is 1. The van der Waals surface area contributed by atoms with Crippen LogP contribution in [0.3, 0.4) is 0 Å². The molecule has 0 aromatic heterocycles. The van der Waals surface area contributed by atoms with E-state index in [1.807, 2.05) is 26.1 Å². The Balaban J connectivity index is 0.00000222. The molecule has 375 valence electrons. The first kappa shape index (κ1) is 61.8. The van der Waals surface area contributed by atoms with Gasteiger partial charge in [0.15, 0.2) is 0 Å². The van der Waals surface area contributed by atoms with Gasteiger partial charge in [-0.25, -0.2) is 0 Å². The summed E-state index contributed by atoms with van der Waals surface area (Å²) < 4.78 is 17.5. The zero-order valence-corrected chi connectivity index (χ0v) is 40.3. The molecule has 0 saturated carbocycles. The summed E-state index contributed by atoms with van der Waals surface area (Å²) in [5, 5.41) is 46.5. The van der Waals surface area contributed by atoms with E-state index in [1.54, 1.807) is 36.4 Å². The molecule has 10 N–H and O–H groups in total. The molecule has 0 fully saturated rings. The molecular formula is C47H68N7O13V-. The summed E-state index contributed by atoms with van der Waals surface area (Å²) in [4.78, 5) is 80.8. The fourth-order valence-corrected chi connectivity index (χ4v) is 5.33. The molecule has 1 radical (unpaired) electrons. The van der Waals surface area contributed by atoms with Gasteiger partial charge in [-0.3, -0.25) is 28.8 Å². The maximum Gasteiger partial charge on any atom is 0.226 e. The predicted octanol–water partition coefficient (Wildman–Crippen LogP) is 3.54. The van der Waals surface area contributed by atoms with Crippen molar-refractivity contribution in [3.8, 4) is 17.2 Å². The Hall–Kier alpha value is -6.19. The summed E-state index contributed by atoms with van der Waals surface area (Å²) in [5.41, 5.74) is 0.963. The van der Waals surface area contributed by atoms with Crippen LogP contribution in [-0.2, 0) is 66.3 Å². The van der Waals surface area contributed by atoms with Crippen molar-refractivity contribution in [1.82, 2.24) is 21.3 Å². The molecule has 0 aliphatic rings. The van der Waals surface area contributed by atoms with Gasteiger partial charge in [-0.15, -0.1) is 0 Å². The minimum absolute atomic E-state index is 0.